The minimum absolute atomic E-state index is 0.192. The molecule has 7 nitrogen and oxygen atoms in total. The van der Waals surface area contributed by atoms with Gasteiger partial charge < -0.3 is 20.2 Å². The van der Waals surface area contributed by atoms with Crippen LogP contribution < -0.4 is 5.32 Å². The van der Waals surface area contributed by atoms with E-state index in [1.54, 1.807) is 0 Å². The summed E-state index contributed by atoms with van der Waals surface area (Å²) in [6.45, 7) is 4.13. The number of nitrogens with one attached hydrogen (secondary N) is 1. The summed E-state index contributed by atoms with van der Waals surface area (Å²) in [5.74, 6) is -0.192. The molecule has 0 aliphatic rings. The van der Waals surface area contributed by atoms with E-state index in [2.05, 4.69) is 35.8 Å². The van der Waals surface area contributed by atoms with Gasteiger partial charge in [0.15, 0.2) is 0 Å². The highest BCUT2D eigenvalue weighted by atomic mass is 31.2. The molecule has 1 amide bonds. The molecule has 304 valence electrons. The van der Waals surface area contributed by atoms with Crippen molar-refractivity contribution < 1.29 is 28.8 Å². The SMILES string of the molecule is CCCCCCCC/C=C\CCCCCCCCCCCCCC(=O)N[C@@H](COP(=O)(O)O)[C@H](O)CCCCCCCCCCCCCCCC. The normalized spacial score (nSPS) is 13.3. The van der Waals surface area contributed by atoms with E-state index in [0.29, 0.717) is 12.8 Å². The molecule has 0 aromatic heterocycles. The highest BCUT2D eigenvalue weighted by Gasteiger charge is 2.25. The number of carbonyl (C=O) groups excluding carboxylic acids is 1. The minimum Gasteiger partial charge on any atom is -0.391 e. The first-order valence-corrected chi connectivity index (χ1v) is 23.7. The topological polar surface area (TPSA) is 116 Å². The Morgan fingerprint density at radius 1 is 0.549 bits per heavy atom. The Balaban J connectivity index is 3.84. The zero-order valence-electron chi connectivity index (χ0n) is 33.8. The molecule has 8 heteroatoms. The van der Waals surface area contributed by atoms with Crippen molar-refractivity contribution in [3.8, 4) is 0 Å². The molecule has 0 unspecified atom stereocenters. The third-order valence-electron chi connectivity index (χ3n) is 10.3. The maximum Gasteiger partial charge on any atom is 0.469 e. The number of rotatable bonds is 41. The van der Waals surface area contributed by atoms with Crippen LogP contribution in [0.3, 0.4) is 0 Å². The van der Waals surface area contributed by atoms with E-state index in [4.69, 9.17) is 0 Å². The molecular weight excluding hydrogens is 657 g/mol. The number of unbranched alkanes of at least 4 members (excludes halogenated alkanes) is 30. The second-order valence-corrected chi connectivity index (χ2v) is 16.6. The van der Waals surface area contributed by atoms with E-state index < -0.39 is 26.6 Å². The van der Waals surface area contributed by atoms with E-state index in [1.807, 2.05) is 0 Å². The maximum absolute atomic E-state index is 12.6. The first kappa shape index (κ1) is 50.3. The molecule has 0 saturated carbocycles. The van der Waals surface area contributed by atoms with Crippen molar-refractivity contribution in [3.63, 3.8) is 0 Å². The van der Waals surface area contributed by atoms with Crippen LogP contribution in [0.1, 0.15) is 239 Å². The second-order valence-electron chi connectivity index (χ2n) is 15.4. The first-order chi connectivity index (χ1) is 24.8. The highest BCUT2D eigenvalue weighted by molar-refractivity contribution is 7.46. The van der Waals surface area contributed by atoms with Gasteiger partial charge in [-0.25, -0.2) is 4.57 Å². The van der Waals surface area contributed by atoms with Gasteiger partial charge in [0.25, 0.3) is 0 Å². The quantitative estimate of drug-likeness (QED) is 0.0281. The Bertz CT molecular complexity index is 803. The maximum atomic E-state index is 12.6. The van der Waals surface area contributed by atoms with Crippen LogP contribution in [-0.2, 0) is 13.9 Å². The molecule has 0 aromatic carbocycles. The molecule has 4 N–H and O–H groups in total. The monoisotopic (exact) mass is 744 g/mol. The average Bonchev–Trinajstić information content (AvgIpc) is 3.10. The van der Waals surface area contributed by atoms with Crippen LogP contribution >= 0.6 is 7.82 Å². The molecule has 0 heterocycles. The molecule has 0 aromatic rings. The molecule has 0 aliphatic carbocycles. The van der Waals surface area contributed by atoms with E-state index >= 15 is 0 Å². The lowest BCUT2D eigenvalue weighted by molar-refractivity contribution is -0.123. The van der Waals surface area contributed by atoms with Crippen LogP contribution in [0.4, 0.5) is 0 Å². The van der Waals surface area contributed by atoms with Crippen molar-refractivity contribution in [1.29, 1.82) is 0 Å². The summed E-state index contributed by atoms with van der Waals surface area (Å²) in [5, 5.41) is 13.5. The van der Waals surface area contributed by atoms with Crippen molar-refractivity contribution >= 4 is 13.7 Å². The minimum atomic E-state index is -4.69. The van der Waals surface area contributed by atoms with Gasteiger partial charge in [-0.15, -0.1) is 0 Å². The summed E-state index contributed by atoms with van der Waals surface area (Å²) >= 11 is 0. The fourth-order valence-electron chi connectivity index (χ4n) is 6.87. The summed E-state index contributed by atoms with van der Waals surface area (Å²) in [6, 6.07) is -0.821. The molecule has 0 spiro atoms. The second kappa shape index (κ2) is 39.0. The summed E-state index contributed by atoms with van der Waals surface area (Å²) in [6.07, 6.45) is 46.3. The van der Waals surface area contributed by atoms with Crippen LogP contribution in [0.5, 0.6) is 0 Å². The Morgan fingerprint density at radius 2 is 0.882 bits per heavy atom. The Morgan fingerprint density at radius 3 is 1.25 bits per heavy atom. The lowest BCUT2D eigenvalue weighted by Gasteiger charge is -2.24. The molecule has 0 fully saturated rings. The molecule has 0 rings (SSSR count). The van der Waals surface area contributed by atoms with Gasteiger partial charge in [0.1, 0.15) is 0 Å². The number of phosphoric ester groups is 1. The summed E-state index contributed by atoms with van der Waals surface area (Å²) in [7, 11) is -4.69. The molecule has 0 saturated heterocycles. The number of carbonyl (C=O) groups is 1. The van der Waals surface area contributed by atoms with Gasteiger partial charge in [0.05, 0.1) is 18.8 Å². The number of aliphatic hydroxyl groups excluding tert-OH is 1. The summed E-state index contributed by atoms with van der Waals surface area (Å²) < 4.78 is 16.0. The number of aliphatic hydroxyl groups is 1. The molecule has 2 atom stereocenters. The van der Waals surface area contributed by atoms with Crippen molar-refractivity contribution in [2.24, 2.45) is 0 Å². The van der Waals surface area contributed by atoms with E-state index in [0.717, 1.165) is 38.5 Å². The van der Waals surface area contributed by atoms with E-state index in [-0.39, 0.29) is 5.91 Å². The van der Waals surface area contributed by atoms with E-state index in [9.17, 15) is 24.3 Å². The molecule has 51 heavy (non-hydrogen) atoms. The summed E-state index contributed by atoms with van der Waals surface area (Å²) in [4.78, 5) is 31.0. The third-order valence-corrected chi connectivity index (χ3v) is 10.7. The van der Waals surface area contributed by atoms with Crippen molar-refractivity contribution in [2.45, 2.75) is 251 Å². The smallest absolute Gasteiger partial charge is 0.391 e. The first-order valence-electron chi connectivity index (χ1n) is 22.1. The van der Waals surface area contributed by atoms with Gasteiger partial charge in [-0.1, -0.05) is 206 Å². The van der Waals surface area contributed by atoms with Gasteiger partial charge in [-0.3, -0.25) is 9.32 Å². The number of allylic oxidation sites excluding steroid dienone is 2. The van der Waals surface area contributed by atoms with Crippen molar-refractivity contribution in [1.82, 2.24) is 5.32 Å². The third kappa shape index (κ3) is 40.3. The Kier molecular flexibility index (Phi) is 38.4. The fraction of sp³-hybridized carbons (Fsp3) is 0.930. The zero-order chi connectivity index (χ0) is 37.5. The van der Waals surface area contributed by atoms with Gasteiger partial charge in [-0.2, -0.15) is 0 Å². The number of hydrogen-bond donors (Lipinski definition) is 4. The van der Waals surface area contributed by atoms with E-state index in [1.165, 1.54) is 173 Å². The predicted molar refractivity (Wildman–Crippen MR) is 218 cm³/mol. The van der Waals surface area contributed by atoms with Gasteiger partial charge in [0, 0.05) is 6.42 Å². The standard InChI is InChI=1S/C43H86NO6P/c1-3-5-7-9-11-13-15-17-19-20-21-22-23-24-25-27-29-31-33-35-37-39-43(46)44-41(40-50-51(47,48)49)42(45)38-36-34-32-30-28-26-18-16-14-12-10-8-6-4-2/h17,19,41-42,45H,3-16,18,20-40H2,1-2H3,(H,44,46)(H2,47,48,49)/b19-17-/t41-,42+/m0/s1. The number of hydrogen-bond acceptors (Lipinski definition) is 4. The molecule has 0 aliphatic heterocycles. The van der Waals surface area contributed by atoms with Gasteiger partial charge in [-0.05, 0) is 38.5 Å². The molecule has 0 bridgehead atoms. The number of amides is 1. The lowest BCUT2D eigenvalue weighted by Crippen LogP contribution is -2.46. The Labute approximate surface area is 316 Å². The fourth-order valence-corrected chi connectivity index (χ4v) is 7.23. The predicted octanol–water partition coefficient (Wildman–Crippen LogP) is 13.2. The van der Waals surface area contributed by atoms with Crippen molar-refractivity contribution in [2.75, 3.05) is 6.61 Å². The largest absolute Gasteiger partial charge is 0.469 e. The van der Waals surface area contributed by atoms with Crippen LogP contribution in [-0.4, -0.2) is 39.6 Å². The van der Waals surface area contributed by atoms with Gasteiger partial charge >= 0.3 is 7.82 Å². The molecule has 0 radical (unpaired) electrons. The lowest BCUT2D eigenvalue weighted by atomic mass is 10.0. The van der Waals surface area contributed by atoms with Crippen LogP contribution in [0.15, 0.2) is 12.2 Å². The summed E-state index contributed by atoms with van der Waals surface area (Å²) in [5.41, 5.74) is 0. The highest BCUT2D eigenvalue weighted by Crippen LogP contribution is 2.36. The van der Waals surface area contributed by atoms with Crippen LogP contribution in [0.25, 0.3) is 0 Å². The van der Waals surface area contributed by atoms with Crippen LogP contribution in [0, 0.1) is 0 Å². The van der Waals surface area contributed by atoms with Crippen LogP contribution in [0.2, 0.25) is 0 Å². The Hall–Kier alpha value is -0.720. The average molecular weight is 744 g/mol. The van der Waals surface area contributed by atoms with Gasteiger partial charge in [0.2, 0.25) is 5.91 Å². The number of phosphoric acid groups is 1. The zero-order valence-corrected chi connectivity index (χ0v) is 34.7. The van der Waals surface area contributed by atoms with Crippen molar-refractivity contribution in [3.05, 3.63) is 12.2 Å². The molecular formula is C43H86NO6P.